The van der Waals surface area contributed by atoms with Gasteiger partial charge < -0.3 is 14.8 Å². The molecule has 4 rings (SSSR count). The lowest BCUT2D eigenvalue weighted by Crippen LogP contribution is -2.47. The smallest absolute Gasteiger partial charge is 0.242 e. The van der Waals surface area contributed by atoms with Crippen LogP contribution in [0, 0.1) is 0 Å². The number of amides is 2. The van der Waals surface area contributed by atoms with Crippen molar-refractivity contribution in [1.29, 1.82) is 0 Å². The van der Waals surface area contributed by atoms with E-state index in [9.17, 15) is 9.59 Å². The van der Waals surface area contributed by atoms with Crippen LogP contribution in [0.3, 0.4) is 0 Å². The molecule has 192 valence electrons. The van der Waals surface area contributed by atoms with Gasteiger partial charge in [0.1, 0.15) is 6.54 Å². The van der Waals surface area contributed by atoms with Gasteiger partial charge in [-0.05, 0) is 49.4 Å². The predicted molar refractivity (Wildman–Crippen MR) is 150 cm³/mol. The van der Waals surface area contributed by atoms with Crippen molar-refractivity contribution in [1.82, 2.24) is 14.8 Å². The zero-order valence-corrected chi connectivity index (χ0v) is 22.1. The summed E-state index contributed by atoms with van der Waals surface area (Å²) in [6.07, 6.45) is 3.46. The molecule has 0 fully saturated rings. The Morgan fingerprint density at radius 2 is 1.51 bits per heavy atom. The number of nitrogens with one attached hydrogen (secondary N) is 1. The second-order valence-corrected chi connectivity index (χ2v) is 9.84. The monoisotopic (exact) mass is 495 g/mol. The van der Waals surface area contributed by atoms with E-state index in [0.29, 0.717) is 19.5 Å². The third-order valence-corrected chi connectivity index (χ3v) is 7.02. The zero-order chi connectivity index (χ0) is 26.2. The van der Waals surface area contributed by atoms with E-state index in [0.717, 1.165) is 23.1 Å². The molecule has 1 atom stereocenters. The van der Waals surface area contributed by atoms with Gasteiger partial charge in [-0.15, -0.1) is 0 Å². The van der Waals surface area contributed by atoms with Crippen LogP contribution in [-0.2, 0) is 22.6 Å². The number of aromatic amines is 1. The van der Waals surface area contributed by atoms with E-state index >= 15 is 0 Å². The predicted octanol–water partition coefficient (Wildman–Crippen LogP) is 6.17. The Morgan fingerprint density at radius 1 is 0.865 bits per heavy atom. The van der Waals surface area contributed by atoms with E-state index in [-0.39, 0.29) is 30.3 Å². The van der Waals surface area contributed by atoms with Crippen molar-refractivity contribution in [3.8, 4) is 0 Å². The molecule has 0 saturated carbocycles. The molecule has 0 aliphatic rings. The highest BCUT2D eigenvalue weighted by molar-refractivity contribution is 5.89. The first-order valence-electron chi connectivity index (χ1n) is 13.2. The summed E-state index contributed by atoms with van der Waals surface area (Å²) in [5.74, 6) is -0.285. The van der Waals surface area contributed by atoms with E-state index in [1.165, 1.54) is 10.9 Å². The number of nitrogens with zero attached hydrogens (tertiary/aromatic N) is 2. The van der Waals surface area contributed by atoms with E-state index in [2.05, 4.69) is 17.1 Å². The van der Waals surface area contributed by atoms with Gasteiger partial charge in [-0.2, -0.15) is 0 Å². The molecule has 5 heteroatoms. The molecule has 3 aromatic carbocycles. The second-order valence-electron chi connectivity index (χ2n) is 9.84. The zero-order valence-electron chi connectivity index (χ0n) is 22.1. The Balaban J connectivity index is 1.53. The molecule has 1 unspecified atom stereocenters. The number of aromatic nitrogens is 1. The number of hydrogen-bond acceptors (Lipinski definition) is 2. The quantitative estimate of drug-likeness (QED) is 0.271. The Labute approximate surface area is 220 Å². The lowest BCUT2D eigenvalue weighted by molar-refractivity contribution is -0.143. The van der Waals surface area contributed by atoms with Crippen molar-refractivity contribution >= 4 is 22.7 Å². The fraction of sp³-hybridized carbons (Fsp3) is 0.312. The van der Waals surface area contributed by atoms with E-state index in [4.69, 9.17) is 0 Å². The number of carbonyl (C=O) groups excluding carboxylic acids is 2. The van der Waals surface area contributed by atoms with Gasteiger partial charge in [0.15, 0.2) is 0 Å². The molecule has 5 nitrogen and oxygen atoms in total. The largest absolute Gasteiger partial charge is 0.361 e. The maximum absolute atomic E-state index is 13.8. The van der Waals surface area contributed by atoms with Crippen molar-refractivity contribution in [2.75, 3.05) is 13.1 Å². The van der Waals surface area contributed by atoms with E-state index < -0.39 is 0 Å². The molecule has 1 N–H and O–H groups in total. The van der Waals surface area contributed by atoms with Crippen LogP contribution in [-0.4, -0.2) is 45.7 Å². The van der Waals surface area contributed by atoms with Crippen LogP contribution in [0.5, 0.6) is 0 Å². The van der Waals surface area contributed by atoms with Gasteiger partial charge in [-0.1, -0.05) is 85.8 Å². The molecule has 1 heterocycles. The standard InChI is InChI=1S/C32H37N3O2/c1-4-28(26-15-9-6-10-16-26)32(37)35(24(2)3)23-31(36)34(22-25-13-7-5-8-14-25)20-19-27-21-33-30-18-12-11-17-29(27)30/h5-18,21,24,28,33H,4,19-20,22-23H2,1-3H3. The normalized spacial score (nSPS) is 12.0. The molecule has 0 radical (unpaired) electrons. The molecule has 4 aromatic rings. The van der Waals surface area contributed by atoms with Gasteiger partial charge in [-0.3, -0.25) is 9.59 Å². The number of benzene rings is 3. The Bertz CT molecular complexity index is 1300. The number of H-pyrrole nitrogens is 1. The van der Waals surface area contributed by atoms with Crippen LogP contribution in [0.15, 0.2) is 91.1 Å². The van der Waals surface area contributed by atoms with Crippen LogP contribution in [0.1, 0.15) is 49.8 Å². The summed E-state index contributed by atoms with van der Waals surface area (Å²) in [7, 11) is 0. The minimum absolute atomic E-state index is 0.00772. The number of hydrogen-bond donors (Lipinski definition) is 1. The van der Waals surface area contributed by atoms with Crippen LogP contribution >= 0.6 is 0 Å². The summed E-state index contributed by atoms with van der Waals surface area (Å²) in [5, 5.41) is 1.18. The lowest BCUT2D eigenvalue weighted by Gasteiger charge is -2.32. The van der Waals surface area contributed by atoms with Crippen molar-refractivity contribution < 1.29 is 9.59 Å². The summed E-state index contributed by atoms with van der Waals surface area (Å²) >= 11 is 0. The van der Waals surface area contributed by atoms with Gasteiger partial charge in [0.2, 0.25) is 11.8 Å². The Morgan fingerprint density at radius 3 is 2.19 bits per heavy atom. The summed E-state index contributed by atoms with van der Waals surface area (Å²) < 4.78 is 0. The summed E-state index contributed by atoms with van der Waals surface area (Å²) in [6, 6.07) is 28.1. The van der Waals surface area contributed by atoms with Crippen LogP contribution in [0.25, 0.3) is 10.9 Å². The van der Waals surface area contributed by atoms with Gasteiger partial charge in [0.05, 0.1) is 5.92 Å². The minimum atomic E-state index is -0.259. The van der Waals surface area contributed by atoms with Crippen LogP contribution in [0.4, 0.5) is 0 Å². The van der Waals surface area contributed by atoms with Gasteiger partial charge in [-0.25, -0.2) is 0 Å². The molecule has 0 aliphatic carbocycles. The van der Waals surface area contributed by atoms with Crippen molar-refractivity contribution in [2.24, 2.45) is 0 Å². The Kier molecular flexibility index (Phi) is 8.78. The number of rotatable bonds is 11. The van der Waals surface area contributed by atoms with Gasteiger partial charge in [0.25, 0.3) is 0 Å². The van der Waals surface area contributed by atoms with E-state index in [1.807, 2.05) is 105 Å². The third kappa shape index (κ3) is 6.48. The van der Waals surface area contributed by atoms with Crippen molar-refractivity contribution in [3.63, 3.8) is 0 Å². The molecule has 0 aliphatic heterocycles. The first kappa shape index (κ1) is 26.2. The highest BCUT2D eigenvalue weighted by atomic mass is 16.2. The lowest BCUT2D eigenvalue weighted by atomic mass is 9.94. The SMILES string of the molecule is CCC(C(=O)N(CC(=O)N(CCc1c[nH]c2ccccc12)Cc1ccccc1)C(C)C)c1ccccc1. The number of fused-ring (bicyclic) bond motifs is 1. The van der Waals surface area contributed by atoms with Gasteiger partial charge in [0, 0.05) is 36.2 Å². The molecule has 0 saturated heterocycles. The molecule has 37 heavy (non-hydrogen) atoms. The summed E-state index contributed by atoms with van der Waals surface area (Å²) in [6.45, 7) is 7.15. The number of para-hydroxylation sites is 1. The molecule has 2 amide bonds. The molecular formula is C32H37N3O2. The topological polar surface area (TPSA) is 56.4 Å². The second kappa shape index (κ2) is 12.4. The maximum Gasteiger partial charge on any atom is 0.242 e. The fourth-order valence-corrected chi connectivity index (χ4v) is 4.89. The maximum atomic E-state index is 13.8. The molecule has 0 bridgehead atoms. The third-order valence-electron chi connectivity index (χ3n) is 7.02. The van der Waals surface area contributed by atoms with Crippen molar-refractivity contribution in [2.45, 2.75) is 52.1 Å². The fourth-order valence-electron chi connectivity index (χ4n) is 4.89. The van der Waals surface area contributed by atoms with Crippen LogP contribution in [0.2, 0.25) is 0 Å². The average molecular weight is 496 g/mol. The number of carbonyl (C=O) groups is 2. The molecule has 1 aromatic heterocycles. The first-order chi connectivity index (χ1) is 18.0. The highest BCUT2D eigenvalue weighted by Gasteiger charge is 2.29. The molecule has 0 spiro atoms. The molecular weight excluding hydrogens is 458 g/mol. The Hall–Kier alpha value is -3.86. The van der Waals surface area contributed by atoms with Gasteiger partial charge >= 0.3 is 0 Å². The van der Waals surface area contributed by atoms with Crippen LogP contribution < -0.4 is 0 Å². The summed E-state index contributed by atoms with van der Waals surface area (Å²) in [4.78, 5) is 34.4. The summed E-state index contributed by atoms with van der Waals surface area (Å²) in [5.41, 5.74) is 4.36. The highest BCUT2D eigenvalue weighted by Crippen LogP contribution is 2.24. The van der Waals surface area contributed by atoms with E-state index in [1.54, 1.807) is 4.90 Å². The first-order valence-corrected chi connectivity index (χ1v) is 13.2. The average Bonchev–Trinajstić information content (AvgIpc) is 3.34. The van der Waals surface area contributed by atoms with Crippen molar-refractivity contribution in [3.05, 3.63) is 108 Å². The minimum Gasteiger partial charge on any atom is -0.361 e.